The Bertz CT molecular complexity index is 689. The topological polar surface area (TPSA) is 63.6 Å². The van der Waals surface area contributed by atoms with Gasteiger partial charge in [0.15, 0.2) is 5.78 Å². The molecule has 24 heavy (non-hydrogen) atoms. The quantitative estimate of drug-likeness (QED) is 0.445. The van der Waals surface area contributed by atoms with Crippen LogP contribution in [0.25, 0.3) is 0 Å². The van der Waals surface area contributed by atoms with Crippen LogP contribution < -0.4 is 0 Å². The molecular formula is C20H22O4. The van der Waals surface area contributed by atoms with Crippen molar-refractivity contribution in [1.29, 1.82) is 0 Å². The van der Waals surface area contributed by atoms with Gasteiger partial charge in [0.05, 0.1) is 12.2 Å². The highest BCUT2D eigenvalue weighted by Crippen LogP contribution is 2.18. The van der Waals surface area contributed by atoms with E-state index in [0.717, 1.165) is 25.7 Å². The molecule has 2 aromatic carbocycles. The lowest BCUT2D eigenvalue weighted by Crippen LogP contribution is -2.13. The Morgan fingerprint density at radius 3 is 2.25 bits per heavy atom. The lowest BCUT2D eigenvalue weighted by atomic mass is 9.98. The van der Waals surface area contributed by atoms with Gasteiger partial charge in [-0.2, -0.15) is 0 Å². The molecule has 0 aliphatic carbocycles. The molecule has 0 radical (unpaired) electrons. The molecule has 0 amide bonds. The van der Waals surface area contributed by atoms with Crippen LogP contribution in [0.1, 0.15) is 58.9 Å². The first-order chi connectivity index (χ1) is 11.6. The number of phenols is 1. The first-order valence-electron chi connectivity index (χ1n) is 8.23. The predicted octanol–water partition coefficient (Wildman–Crippen LogP) is 4.36. The largest absolute Gasteiger partial charge is 0.508 e. The third kappa shape index (κ3) is 4.69. The van der Waals surface area contributed by atoms with E-state index in [1.54, 1.807) is 24.3 Å². The smallest absolute Gasteiger partial charge is 0.338 e. The monoisotopic (exact) mass is 326 g/mol. The normalized spacial score (nSPS) is 10.4. The number of phenolic OH excluding ortho intramolecular Hbond substituents is 1. The molecule has 0 atom stereocenters. The van der Waals surface area contributed by atoms with E-state index in [9.17, 15) is 14.7 Å². The second-order valence-electron chi connectivity index (χ2n) is 5.62. The number of rotatable bonds is 8. The van der Waals surface area contributed by atoms with Crippen LogP contribution in [0.4, 0.5) is 0 Å². The number of ketones is 1. The van der Waals surface area contributed by atoms with Crippen molar-refractivity contribution in [1.82, 2.24) is 0 Å². The van der Waals surface area contributed by atoms with Crippen LogP contribution in [0.5, 0.6) is 5.75 Å². The van der Waals surface area contributed by atoms with E-state index in [4.69, 9.17) is 4.74 Å². The molecule has 0 unspecified atom stereocenters. The maximum Gasteiger partial charge on any atom is 0.338 e. The molecular weight excluding hydrogens is 304 g/mol. The summed E-state index contributed by atoms with van der Waals surface area (Å²) in [6.07, 6.45) is 4.09. The average Bonchev–Trinajstić information content (AvgIpc) is 2.61. The molecule has 2 rings (SSSR count). The molecule has 0 aromatic heterocycles. The Kier molecular flexibility index (Phi) is 6.55. The second-order valence-corrected chi connectivity index (χ2v) is 5.62. The van der Waals surface area contributed by atoms with Crippen molar-refractivity contribution >= 4 is 11.8 Å². The van der Waals surface area contributed by atoms with E-state index in [2.05, 4.69) is 6.92 Å². The van der Waals surface area contributed by atoms with Gasteiger partial charge in [-0.05, 0) is 36.8 Å². The summed E-state index contributed by atoms with van der Waals surface area (Å²) < 4.78 is 5.29. The molecule has 4 heteroatoms. The zero-order chi connectivity index (χ0) is 17.4. The number of unbranched alkanes of at least 4 members (excludes halogenated alkanes) is 3. The molecule has 4 nitrogen and oxygen atoms in total. The van der Waals surface area contributed by atoms with Crippen molar-refractivity contribution in [3.63, 3.8) is 0 Å². The number of carbonyl (C=O) groups is 2. The molecule has 0 bridgehead atoms. The number of aromatic hydroxyl groups is 1. The molecule has 2 aromatic rings. The number of benzene rings is 2. The van der Waals surface area contributed by atoms with Crippen LogP contribution in [-0.2, 0) is 4.74 Å². The Morgan fingerprint density at radius 2 is 1.58 bits per heavy atom. The molecule has 0 saturated heterocycles. The summed E-state index contributed by atoms with van der Waals surface area (Å²) in [6, 6.07) is 12.6. The van der Waals surface area contributed by atoms with Gasteiger partial charge in [-0.25, -0.2) is 4.79 Å². The SMILES string of the molecule is CCCCCCOC(=O)c1ccccc1C(=O)c1ccc(O)cc1. The van der Waals surface area contributed by atoms with Crippen LogP contribution in [0.15, 0.2) is 48.5 Å². The fourth-order valence-electron chi connectivity index (χ4n) is 2.40. The van der Waals surface area contributed by atoms with Crippen molar-refractivity contribution in [2.75, 3.05) is 6.61 Å². The van der Waals surface area contributed by atoms with Crippen LogP contribution in [-0.4, -0.2) is 23.5 Å². The highest BCUT2D eigenvalue weighted by Gasteiger charge is 2.18. The molecule has 0 saturated carbocycles. The van der Waals surface area contributed by atoms with Crippen LogP contribution in [0.2, 0.25) is 0 Å². The standard InChI is InChI=1S/C20H22O4/c1-2-3-4-7-14-24-20(23)18-9-6-5-8-17(18)19(22)15-10-12-16(21)13-11-15/h5-6,8-13,21H,2-4,7,14H2,1H3. The van der Waals surface area contributed by atoms with Crippen LogP contribution in [0.3, 0.4) is 0 Å². The highest BCUT2D eigenvalue weighted by molar-refractivity contribution is 6.14. The highest BCUT2D eigenvalue weighted by atomic mass is 16.5. The van der Waals surface area contributed by atoms with Crippen molar-refractivity contribution in [2.24, 2.45) is 0 Å². The van der Waals surface area contributed by atoms with Crippen LogP contribution in [0, 0.1) is 0 Å². The third-order valence-electron chi connectivity index (χ3n) is 3.75. The Hall–Kier alpha value is -2.62. The first-order valence-corrected chi connectivity index (χ1v) is 8.23. The molecule has 0 spiro atoms. The predicted molar refractivity (Wildman–Crippen MR) is 92.4 cm³/mol. The molecule has 0 aliphatic heterocycles. The summed E-state index contributed by atoms with van der Waals surface area (Å²) in [5, 5.41) is 9.33. The van der Waals surface area contributed by atoms with E-state index in [1.807, 2.05) is 0 Å². The van der Waals surface area contributed by atoms with Gasteiger partial charge in [0.1, 0.15) is 5.75 Å². The fraction of sp³-hybridized carbons (Fsp3) is 0.300. The van der Waals surface area contributed by atoms with Gasteiger partial charge in [0.2, 0.25) is 0 Å². The van der Waals surface area contributed by atoms with E-state index in [-0.39, 0.29) is 17.1 Å². The lowest BCUT2D eigenvalue weighted by Gasteiger charge is -2.09. The number of esters is 1. The van der Waals surface area contributed by atoms with Crippen molar-refractivity contribution < 1.29 is 19.4 Å². The van der Waals surface area contributed by atoms with Gasteiger partial charge in [0.25, 0.3) is 0 Å². The number of carbonyl (C=O) groups excluding carboxylic acids is 2. The summed E-state index contributed by atoms with van der Waals surface area (Å²) in [5.74, 6) is -0.658. The van der Waals surface area contributed by atoms with Crippen molar-refractivity contribution in [3.8, 4) is 5.75 Å². The molecule has 0 aliphatic rings. The van der Waals surface area contributed by atoms with E-state index in [1.165, 1.54) is 24.3 Å². The second kappa shape index (κ2) is 8.87. The summed E-state index contributed by atoms with van der Waals surface area (Å²) in [4.78, 5) is 24.9. The molecule has 1 N–H and O–H groups in total. The van der Waals surface area contributed by atoms with Gasteiger partial charge in [0, 0.05) is 11.1 Å². The Labute approximate surface area is 142 Å². The number of hydrogen-bond acceptors (Lipinski definition) is 4. The molecule has 0 heterocycles. The van der Waals surface area contributed by atoms with Crippen molar-refractivity contribution in [3.05, 3.63) is 65.2 Å². The maximum atomic E-state index is 12.6. The summed E-state index contributed by atoms with van der Waals surface area (Å²) in [5.41, 5.74) is 0.990. The fourth-order valence-corrected chi connectivity index (χ4v) is 2.40. The Balaban J connectivity index is 2.10. The van der Waals surface area contributed by atoms with Crippen LogP contribution >= 0.6 is 0 Å². The van der Waals surface area contributed by atoms with E-state index >= 15 is 0 Å². The minimum absolute atomic E-state index is 0.0892. The maximum absolute atomic E-state index is 12.6. The summed E-state index contributed by atoms with van der Waals surface area (Å²) in [6.45, 7) is 2.48. The Morgan fingerprint density at radius 1 is 0.917 bits per heavy atom. The number of ether oxygens (including phenoxy) is 1. The minimum atomic E-state index is -0.478. The van der Waals surface area contributed by atoms with Gasteiger partial charge >= 0.3 is 5.97 Å². The van der Waals surface area contributed by atoms with E-state index < -0.39 is 5.97 Å². The zero-order valence-corrected chi connectivity index (χ0v) is 13.8. The first kappa shape index (κ1) is 17.7. The van der Waals surface area contributed by atoms with Gasteiger partial charge in [-0.1, -0.05) is 44.4 Å². The average molecular weight is 326 g/mol. The zero-order valence-electron chi connectivity index (χ0n) is 13.8. The van der Waals surface area contributed by atoms with Gasteiger partial charge in [-0.3, -0.25) is 4.79 Å². The van der Waals surface area contributed by atoms with Gasteiger partial charge < -0.3 is 9.84 Å². The summed E-state index contributed by atoms with van der Waals surface area (Å²) >= 11 is 0. The molecule has 126 valence electrons. The van der Waals surface area contributed by atoms with E-state index in [0.29, 0.717) is 17.7 Å². The van der Waals surface area contributed by atoms with Gasteiger partial charge in [-0.15, -0.1) is 0 Å². The summed E-state index contributed by atoms with van der Waals surface area (Å²) in [7, 11) is 0. The molecule has 0 fully saturated rings. The van der Waals surface area contributed by atoms with Crippen molar-refractivity contribution in [2.45, 2.75) is 32.6 Å². The lowest BCUT2D eigenvalue weighted by molar-refractivity contribution is 0.0495. The number of hydrogen-bond donors (Lipinski definition) is 1. The minimum Gasteiger partial charge on any atom is -0.508 e. The third-order valence-corrected chi connectivity index (χ3v) is 3.75.